The number of nitrogens with one attached hydrogen (secondary N) is 1. The Labute approximate surface area is 131 Å². The average molecular weight is 311 g/mol. The van der Waals surface area contributed by atoms with Crippen molar-refractivity contribution in [2.24, 2.45) is 5.10 Å². The Kier molecular flexibility index (Phi) is 3.36. The highest BCUT2D eigenvalue weighted by Crippen LogP contribution is 2.30. The molecule has 110 valence electrons. The SMILES string of the molecule is C(=NNc1nc2ccccc2s1)c1ccc2c(c1)OCCO2. The number of rotatable bonds is 3. The van der Waals surface area contributed by atoms with Crippen LogP contribution in [0.3, 0.4) is 0 Å². The molecule has 2 aromatic carbocycles. The molecule has 0 unspecified atom stereocenters. The highest BCUT2D eigenvalue weighted by Gasteiger charge is 2.10. The minimum atomic E-state index is 0.581. The lowest BCUT2D eigenvalue weighted by Gasteiger charge is -2.18. The summed E-state index contributed by atoms with van der Waals surface area (Å²) in [6, 6.07) is 13.8. The van der Waals surface area contributed by atoms with Crippen molar-refractivity contribution >= 4 is 32.9 Å². The Balaban J connectivity index is 1.49. The number of para-hydroxylation sites is 1. The molecule has 5 nitrogen and oxygen atoms in total. The second-order valence-corrected chi connectivity index (χ2v) is 5.79. The van der Waals surface area contributed by atoms with E-state index in [4.69, 9.17) is 9.47 Å². The minimum absolute atomic E-state index is 0.581. The van der Waals surface area contributed by atoms with Gasteiger partial charge in [-0.2, -0.15) is 5.10 Å². The Morgan fingerprint density at radius 3 is 2.86 bits per heavy atom. The van der Waals surface area contributed by atoms with Gasteiger partial charge in [-0.25, -0.2) is 4.98 Å². The highest BCUT2D eigenvalue weighted by molar-refractivity contribution is 7.22. The maximum absolute atomic E-state index is 5.55. The zero-order valence-corrected chi connectivity index (χ0v) is 12.5. The van der Waals surface area contributed by atoms with Gasteiger partial charge < -0.3 is 9.47 Å². The van der Waals surface area contributed by atoms with E-state index >= 15 is 0 Å². The van der Waals surface area contributed by atoms with E-state index in [9.17, 15) is 0 Å². The zero-order valence-electron chi connectivity index (χ0n) is 11.7. The quantitative estimate of drug-likeness (QED) is 0.594. The molecule has 0 saturated carbocycles. The van der Waals surface area contributed by atoms with Crippen molar-refractivity contribution in [3.8, 4) is 11.5 Å². The normalized spacial score (nSPS) is 13.6. The van der Waals surface area contributed by atoms with Gasteiger partial charge in [0.25, 0.3) is 0 Å². The first kappa shape index (κ1) is 13.1. The second-order valence-electron chi connectivity index (χ2n) is 4.76. The molecule has 22 heavy (non-hydrogen) atoms. The van der Waals surface area contributed by atoms with Crippen molar-refractivity contribution in [1.29, 1.82) is 0 Å². The number of ether oxygens (including phenoxy) is 2. The third-order valence-electron chi connectivity index (χ3n) is 3.23. The van der Waals surface area contributed by atoms with Crippen molar-refractivity contribution in [3.05, 3.63) is 48.0 Å². The number of hydrogen-bond donors (Lipinski definition) is 1. The molecule has 0 spiro atoms. The summed E-state index contributed by atoms with van der Waals surface area (Å²) < 4.78 is 12.2. The molecule has 1 aromatic heterocycles. The van der Waals surface area contributed by atoms with E-state index < -0.39 is 0 Å². The first-order valence-electron chi connectivity index (χ1n) is 6.93. The Bertz CT molecular complexity index is 811. The van der Waals surface area contributed by atoms with E-state index in [1.54, 1.807) is 17.6 Å². The van der Waals surface area contributed by atoms with Gasteiger partial charge in [0, 0.05) is 0 Å². The van der Waals surface area contributed by atoms with Crippen LogP contribution in [0.25, 0.3) is 10.2 Å². The van der Waals surface area contributed by atoms with Crippen LogP contribution in [-0.2, 0) is 0 Å². The summed E-state index contributed by atoms with van der Waals surface area (Å²) in [6.45, 7) is 1.18. The maximum Gasteiger partial charge on any atom is 0.204 e. The Hall–Kier alpha value is -2.60. The number of fused-ring (bicyclic) bond motifs is 2. The fourth-order valence-corrected chi connectivity index (χ4v) is 3.04. The van der Waals surface area contributed by atoms with Gasteiger partial charge in [-0.15, -0.1) is 0 Å². The van der Waals surface area contributed by atoms with Gasteiger partial charge in [-0.05, 0) is 35.9 Å². The first-order valence-corrected chi connectivity index (χ1v) is 7.74. The van der Waals surface area contributed by atoms with Gasteiger partial charge in [-0.3, -0.25) is 5.43 Å². The van der Waals surface area contributed by atoms with E-state index in [1.165, 1.54) is 0 Å². The molecule has 1 aliphatic rings. The Morgan fingerprint density at radius 2 is 1.95 bits per heavy atom. The minimum Gasteiger partial charge on any atom is -0.486 e. The summed E-state index contributed by atoms with van der Waals surface area (Å²) in [5.74, 6) is 1.54. The number of benzene rings is 2. The number of anilines is 1. The molecule has 0 atom stereocenters. The van der Waals surface area contributed by atoms with Crippen molar-refractivity contribution in [2.75, 3.05) is 18.6 Å². The van der Waals surface area contributed by atoms with Gasteiger partial charge in [0.2, 0.25) is 5.13 Å². The predicted molar refractivity (Wildman–Crippen MR) is 88.3 cm³/mol. The highest BCUT2D eigenvalue weighted by atomic mass is 32.1. The third-order valence-corrected chi connectivity index (χ3v) is 4.17. The molecule has 2 heterocycles. The van der Waals surface area contributed by atoms with Crippen LogP contribution >= 0.6 is 11.3 Å². The lowest BCUT2D eigenvalue weighted by molar-refractivity contribution is 0.171. The lowest BCUT2D eigenvalue weighted by Crippen LogP contribution is -2.15. The number of thiazole rings is 1. The van der Waals surface area contributed by atoms with Gasteiger partial charge in [0.05, 0.1) is 16.4 Å². The summed E-state index contributed by atoms with van der Waals surface area (Å²) in [5, 5.41) is 5.01. The molecule has 6 heteroatoms. The molecule has 1 aliphatic heterocycles. The molecular formula is C16H13N3O2S. The molecule has 0 amide bonds. The maximum atomic E-state index is 5.55. The van der Waals surface area contributed by atoms with E-state index in [0.717, 1.165) is 32.4 Å². The summed E-state index contributed by atoms with van der Waals surface area (Å²) in [6.07, 6.45) is 1.74. The molecule has 0 aliphatic carbocycles. The van der Waals surface area contributed by atoms with Crippen molar-refractivity contribution in [3.63, 3.8) is 0 Å². The van der Waals surface area contributed by atoms with Crippen molar-refractivity contribution < 1.29 is 9.47 Å². The molecular weight excluding hydrogens is 298 g/mol. The Morgan fingerprint density at radius 1 is 1.09 bits per heavy atom. The number of hydrogen-bond acceptors (Lipinski definition) is 6. The summed E-state index contributed by atoms with van der Waals surface area (Å²) in [5.41, 5.74) is 4.89. The summed E-state index contributed by atoms with van der Waals surface area (Å²) >= 11 is 1.57. The van der Waals surface area contributed by atoms with Gasteiger partial charge in [0.1, 0.15) is 13.2 Å². The third kappa shape index (κ3) is 2.60. The number of hydrazone groups is 1. The number of nitrogens with zero attached hydrogens (tertiary/aromatic N) is 2. The van der Waals surface area contributed by atoms with Crippen LogP contribution in [0, 0.1) is 0 Å². The van der Waals surface area contributed by atoms with Crippen LogP contribution < -0.4 is 14.9 Å². The van der Waals surface area contributed by atoms with Crippen LogP contribution in [0.4, 0.5) is 5.13 Å². The monoisotopic (exact) mass is 311 g/mol. The van der Waals surface area contributed by atoms with Crippen molar-refractivity contribution in [1.82, 2.24) is 4.98 Å². The molecule has 3 aromatic rings. The molecule has 0 fully saturated rings. The molecule has 0 radical (unpaired) electrons. The fraction of sp³-hybridized carbons (Fsp3) is 0.125. The summed E-state index contributed by atoms with van der Waals surface area (Å²) in [4.78, 5) is 4.46. The number of aromatic nitrogens is 1. The molecule has 0 bridgehead atoms. The molecule has 0 saturated heterocycles. The van der Waals surface area contributed by atoms with Crippen LogP contribution in [0.1, 0.15) is 5.56 Å². The van der Waals surface area contributed by atoms with Gasteiger partial charge in [0.15, 0.2) is 11.5 Å². The van der Waals surface area contributed by atoms with Gasteiger partial charge >= 0.3 is 0 Å². The summed E-state index contributed by atoms with van der Waals surface area (Å²) in [7, 11) is 0. The largest absolute Gasteiger partial charge is 0.486 e. The molecule has 4 rings (SSSR count). The fourth-order valence-electron chi connectivity index (χ4n) is 2.22. The van der Waals surface area contributed by atoms with Crippen LogP contribution in [0.2, 0.25) is 0 Å². The van der Waals surface area contributed by atoms with Crippen LogP contribution in [-0.4, -0.2) is 24.4 Å². The van der Waals surface area contributed by atoms with Crippen LogP contribution in [0.15, 0.2) is 47.6 Å². The van der Waals surface area contributed by atoms with Crippen molar-refractivity contribution in [2.45, 2.75) is 0 Å². The lowest BCUT2D eigenvalue weighted by atomic mass is 10.2. The zero-order chi connectivity index (χ0) is 14.8. The predicted octanol–water partition coefficient (Wildman–Crippen LogP) is 3.51. The smallest absolute Gasteiger partial charge is 0.204 e. The standard InChI is InChI=1S/C16H13N3O2S/c1-2-4-15-12(3-1)18-16(22-15)19-17-10-11-5-6-13-14(9-11)21-8-7-20-13/h1-6,9-10H,7-8H2,(H,18,19). The van der Waals surface area contributed by atoms with E-state index in [2.05, 4.69) is 15.5 Å². The van der Waals surface area contributed by atoms with E-state index in [-0.39, 0.29) is 0 Å². The van der Waals surface area contributed by atoms with Gasteiger partial charge in [-0.1, -0.05) is 23.5 Å². The molecule has 1 N–H and O–H groups in total. The van der Waals surface area contributed by atoms with Crippen LogP contribution in [0.5, 0.6) is 11.5 Å². The average Bonchev–Trinajstić information content (AvgIpc) is 2.97. The second kappa shape index (κ2) is 5.65. The topological polar surface area (TPSA) is 55.7 Å². The van der Waals surface area contributed by atoms with E-state index in [1.807, 2.05) is 42.5 Å². The first-order chi connectivity index (χ1) is 10.9. The van der Waals surface area contributed by atoms with E-state index in [0.29, 0.717) is 13.2 Å².